The summed E-state index contributed by atoms with van der Waals surface area (Å²) in [5.74, 6) is 2.38. The van der Waals surface area contributed by atoms with Crippen LogP contribution in [0.5, 0.6) is 11.5 Å². The number of benzene rings is 1. The third-order valence-electron chi connectivity index (χ3n) is 2.90. The van der Waals surface area contributed by atoms with Gasteiger partial charge in [-0.05, 0) is 25.0 Å². The molecule has 2 rings (SSSR count). The van der Waals surface area contributed by atoms with Gasteiger partial charge in [0.2, 0.25) is 0 Å². The molecule has 17 heavy (non-hydrogen) atoms. The molecule has 0 spiro atoms. The van der Waals surface area contributed by atoms with E-state index in [1.165, 1.54) is 11.3 Å². The van der Waals surface area contributed by atoms with E-state index in [1.54, 1.807) is 0 Å². The van der Waals surface area contributed by atoms with Gasteiger partial charge in [0.25, 0.3) is 0 Å². The minimum atomic E-state index is 0.626. The Morgan fingerprint density at radius 3 is 2.53 bits per heavy atom. The third-order valence-corrected chi connectivity index (χ3v) is 3.17. The maximum absolute atomic E-state index is 5.72. The first-order valence-corrected chi connectivity index (χ1v) is 6.43. The summed E-state index contributed by atoms with van der Waals surface area (Å²) in [5, 5.41) is 0. The maximum atomic E-state index is 5.72. The van der Waals surface area contributed by atoms with Gasteiger partial charge in [-0.2, -0.15) is 0 Å². The molecule has 3 nitrogen and oxygen atoms in total. The van der Waals surface area contributed by atoms with Crippen molar-refractivity contribution in [1.29, 1.82) is 0 Å². The summed E-state index contributed by atoms with van der Waals surface area (Å²) in [6, 6.07) is 4.10. The Balaban J connectivity index is 2.22. The standard InChI is InChI=1S/C13H18ClNO2/c1-10-8-12-13(17-7-6-16-12)9-11(10)15(2)5-3-4-14/h8-9H,3-7H2,1-2H3. The molecule has 4 heteroatoms. The summed E-state index contributed by atoms with van der Waals surface area (Å²) in [6.07, 6.45) is 0.978. The van der Waals surface area contributed by atoms with Gasteiger partial charge in [-0.15, -0.1) is 11.6 Å². The van der Waals surface area contributed by atoms with E-state index >= 15 is 0 Å². The fourth-order valence-electron chi connectivity index (χ4n) is 2.01. The molecule has 0 aromatic heterocycles. The lowest BCUT2D eigenvalue weighted by molar-refractivity contribution is 0.171. The normalized spacial score (nSPS) is 13.6. The molecule has 1 aliphatic rings. The van der Waals surface area contributed by atoms with Crippen LogP contribution < -0.4 is 14.4 Å². The van der Waals surface area contributed by atoms with E-state index in [-0.39, 0.29) is 0 Å². The van der Waals surface area contributed by atoms with Crippen molar-refractivity contribution in [2.75, 3.05) is 37.6 Å². The van der Waals surface area contributed by atoms with E-state index in [4.69, 9.17) is 21.1 Å². The second-order valence-electron chi connectivity index (χ2n) is 4.25. The molecule has 0 fully saturated rings. The zero-order chi connectivity index (χ0) is 12.3. The second-order valence-corrected chi connectivity index (χ2v) is 4.62. The lowest BCUT2D eigenvalue weighted by Crippen LogP contribution is -2.21. The highest BCUT2D eigenvalue weighted by molar-refractivity contribution is 6.17. The zero-order valence-electron chi connectivity index (χ0n) is 10.3. The monoisotopic (exact) mass is 255 g/mol. The number of anilines is 1. The number of halogens is 1. The van der Waals surface area contributed by atoms with Crippen LogP contribution in [0.15, 0.2) is 12.1 Å². The number of aryl methyl sites for hydroxylation is 1. The molecule has 1 aromatic rings. The molecule has 0 bridgehead atoms. The Morgan fingerprint density at radius 2 is 1.88 bits per heavy atom. The summed E-state index contributed by atoms with van der Waals surface area (Å²) in [5.41, 5.74) is 2.38. The molecule has 0 amide bonds. The Hall–Kier alpha value is -1.09. The summed E-state index contributed by atoms with van der Waals surface area (Å²) >= 11 is 5.72. The molecule has 0 saturated heterocycles. The van der Waals surface area contributed by atoms with Crippen molar-refractivity contribution in [1.82, 2.24) is 0 Å². The molecule has 94 valence electrons. The Bertz CT molecular complexity index is 395. The lowest BCUT2D eigenvalue weighted by atomic mass is 10.1. The Kier molecular flexibility index (Phi) is 4.00. The molecule has 0 aliphatic carbocycles. The molecule has 0 saturated carbocycles. The highest BCUT2D eigenvalue weighted by Crippen LogP contribution is 2.36. The van der Waals surface area contributed by atoms with Crippen LogP contribution in [0.3, 0.4) is 0 Å². The fourth-order valence-corrected chi connectivity index (χ4v) is 2.13. The topological polar surface area (TPSA) is 21.7 Å². The number of nitrogens with zero attached hydrogens (tertiary/aromatic N) is 1. The van der Waals surface area contributed by atoms with Crippen LogP contribution in [-0.4, -0.2) is 32.7 Å². The first-order chi connectivity index (χ1) is 8.22. The molecule has 1 aromatic carbocycles. The van der Waals surface area contributed by atoms with Crippen molar-refractivity contribution in [2.24, 2.45) is 0 Å². The third kappa shape index (κ3) is 2.78. The second kappa shape index (κ2) is 5.50. The van der Waals surface area contributed by atoms with Crippen LogP contribution in [0.25, 0.3) is 0 Å². The number of fused-ring (bicyclic) bond motifs is 1. The van der Waals surface area contributed by atoms with E-state index in [1.807, 2.05) is 6.07 Å². The van der Waals surface area contributed by atoms with Crippen LogP contribution in [0.2, 0.25) is 0 Å². The van der Waals surface area contributed by atoms with Crippen molar-refractivity contribution in [3.05, 3.63) is 17.7 Å². The number of alkyl halides is 1. The van der Waals surface area contributed by atoms with E-state index < -0.39 is 0 Å². The van der Waals surface area contributed by atoms with Crippen LogP contribution in [0.1, 0.15) is 12.0 Å². The molecule has 0 unspecified atom stereocenters. The van der Waals surface area contributed by atoms with Gasteiger partial charge in [0.15, 0.2) is 11.5 Å². The lowest BCUT2D eigenvalue weighted by Gasteiger charge is -2.25. The van der Waals surface area contributed by atoms with E-state index in [2.05, 4.69) is 24.9 Å². The molecule has 1 aliphatic heterocycles. The van der Waals surface area contributed by atoms with Crippen LogP contribution in [0, 0.1) is 6.92 Å². The number of hydrogen-bond acceptors (Lipinski definition) is 3. The van der Waals surface area contributed by atoms with Gasteiger partial charge < -0.3 is 14.4 Å². The highest BCUT2D eigenvalue weighted by Gasteiger charge is 2.15. The zero-order valence-corrected chi connectivity index (χ0v) is 11.1. The molecule has 0 atom stereocenters. The number of rotatable bonds is 4. The van der Waals surface area contributed by atoms with Gasteiger partial charge in [0.05, 0.1) is 0 Å². The molecular weight excluding hydrogens is 238 g/mol. The molecular formula is C13H18ClNO2. The summed E-state index contributed by atoms with van der Waals surface area (Å²) in [6.45, 7) is 4.30. The predicted octanol–water partition coefficient (Wildman–Crippen LogP) is 2.83. The van der Waals surface area contributed by atoms with E-state index in [9.17, 15) is 0 Å². The van der Waals surface area contributed by atoms with Crippen molar-refractivity contribution < 1.29 is 9.47 Å². The van der Waals surface area contributed by atoms with Crippen molar-refractivity contribution >= 4 is 17.3 Å². The van der Waals surface area contributed by atoms with Gasteiger partial charge in [-0.1, -0.05) is 0 Å². The average molecular weight is 256 g/mol. The number of hydrogen-bond donors (Lipinski definition) is 0. The Labute approximate surface area is 107 Å². The van der Waals surface area contributed by atoms with Crippen molar-refractivity contribution in [2.45, 2.75) is 13.3 Å². The maximum Gasteiger partial charge on any atom is 0.163 e. The predicted molar refractivity (Wildman–Crippen MR) is 70.8 cm³/mol. The quantitative estimate of drug-likeness (QED) is 0.773. The smallest absolute Gasteiger partial charge is 0.163 e. The Morgan fingerprint density at radius 1 is 1.24 bits per heavy atom. The average Bonchev–Trinajstić information content (AvgIpc) is 2.35. The largest absolute Gasteiger partial charge is 0.486 e. The fraction of sp³-hybridized carbons (Fsp3) is 0.538. The van der Waals surface area contributed by atoms with E-state index in [0.717, 1.165) is 24.5 Å². The summed E-state index contributed by atoms with van der Waals surface area (Å²) in [4.78, 5) is 2.20. The van der Waals surface area contributed by atoms with Crippen molar-refractivity contribution in [3.63, 3.8) is 0 Å². The first-order valence-electron chi connectivity index (χ1n) is 5.89. The highest BCUT2D eigenvalue weighted by atomic mass is 35.5. The van der Waals surface area contributed by atoms with Gasteiger partial charge >= 0.3 is 0 Å². The SMILES string of the molecule is Cc1cc2c(cc1N(C)CCCCl)OCCO2. The van der Waals surface area contributed by atoms with Gasteiger partial charge in [-0.25, -0.2) is 0 Å². The van der Waals surface area contributed by atoms with Gasteiger partial charge in [0, 0.05) is 31.2 Å². The van der Waals surface area contributed by atoms with Gasteiger partial charge in [0.1, 0.15) is 13.2 Å². The molecule has 1 heterocycles. The first kappa shape index (κ1) is 12.4. The summed E-state index contributed by atoms with van der Waals surface area (Å²) < 4.78 is 11.2. The van der Waals surface area contributed by atoms with Crippen molar-refractivity contribution in [3.8, 4) is 11.5 Å². The minimum absolute atomic E-state index is 0.626. The van der Waals surface area contributed by atoms with E-state index in [0.29, 0.717) is 19.1 Å². The number of ether oxygens (including phenoxy) is 2. The van der Waals surface area contributed by atoms with Crippen LogP contribution >= 0.6 is 11.6 Å². The summed E-state index contributed by atoms with van der Waals surface area (Å²) in [7, 11) is 2.07. The molecule has 0 N–H and O–H groups in total. The van der Waals surface area contributed by atoms with Crippen LogP contribution in [0.4, 0.5) is 5.69 Å². The minimum Gasteiger partial charge on any atom is -0.486 e. The van der Waals surface area contributed by atoms with Gasteiger partial charge in [-0.3, -0.25) is 0 Å². The van der Waals surface area contributed by atoms with Crippen LogP contribution in [-0.2, 0) is 0 Å². The molecule has 0 radical (unpaired) electrons.